The van der Waals surface area contributed by atoms with Gasteiger partial charge in [0.1, 0.15) is 15.6 Å². The molecule has 2 rings (SSSR count). The van der Waals surface area contributed by atoms with E-state index in [1.54, 1.807) is 29.8 Å². The van der Waals surface area contributed by atoms with Crippen LogP contribution in [0.1, 0.15) is 11.4 Å². The number of thiophene rings is 1. The van der Waals surface area contributed by atoms with Crippen LogP contribution in [0.25, 0.3) is 9.88 Å². The fraction of sp³-hybridized carbons (Fsp3) is 0.400. The largest absolute Gasteiger partial charge is 0.495 e. The molecule has 0 radical (unpaired) electrons. The van der Waals surface area contributed by atoms with Gasteiger partial charge in [-0.15, -0.1) is 21.5 Å². The molecule has 4 nitrogen and oxygen atoms in total. The zero-order valence-electron chi connectivity index (χ0n) is 8.97. The molecule has 0 unspecified atom stereocenters. The molecule has 0 aromatic carbocycles. The van der Waals surface area contributed by atoms with E-state index in [2.05, 4.69) is 10.2 Å². The predicted molar refractivity (Wildman–Crippen MR) is 67.1 cm³/mol. The van der Waals surface area contributed by atoms with Gasteiger partial charge in [-0.05, 0) is 24.4 Å². The number of hydrogen-bond acceptors (Lipinski definition) is 6. The van der Waals surface area contributed by atoms with Gasteiger partial charge < -0.3 is 10.5 Å². The van der Waals surface area contributed by atoms with E-state index < -0.39 is 0 Å². The second kappa shape index (κ2) is 5.38. The van der Waals surface area contributed by atoms with Gasteiger partial charge in [0.15, 0.2) is 5.01 Å². The summed E-state index contributed by atoms with van der Waals surface area (Å²) in [4.78, 5) is 1.05. The number of hydrogen-bond donors (Lipinski definition) is 1. The number of nitrogens with zero attached hydrogens (tertiary/aromatic N) is 2. The highest BCUT2D eigenvalue weighted by atomic mass is 32.1. The maximum atomic E-state index is 5.46. The Morgan fingerprint density at radius 3 is 3.06 bits per heavy atom. The molecule has 2 aromatic rings. The third kappa shape index (κ3) is 2.40. The van der Waals surface area contributed by atoms with Crippen molar-refractivity contribution in [2.24, 2.45) is 5.73 Å². The van der Waals surface area contributed by atoms with Crippen molar-refractivity contribution < 1.29 is 4.74 Å². The summed E-state index contributed by atoms with van der Waals surface area (Å²) >= 11 is 3.24. The molecule has 2 N–H and O–H groups in total. The van der Waals surface area contributed by atoms with Crippen molar-refractivity contribution in [3.63, 3.8) is 0 Å². The van der Waals surface area contributed by atoms with E-state index in [0.29, 0.717) is 6.54 Å². The molecule has 2 aromatic heterocycles. The summed E-state index contributed by atoms with van der Waals surface area (Å²) in [5.74, 6) is 0.867. The third-order valence-corrected chi connectivity index (χ3v) is 4.14. The second-order valence-corrected chi connectivity index (χ2v) is 5.19. The SMILES string of the molecule is COc1ccsc1-c1nnc(CCCN)s1. The van der Waals surface area contributed by atoms with Crippen LogP contribution in [0.4, 0.5) is 0 Å². The summed E-state index contributed by atoms with van der Waals surface area (Å²) in [5, 5.41) is 12.3. The summed E-state index contributed by atoms with van der Waals surface area (Å²) < 4.78 is 5.26. The van der Waals surface area contributed by atoms with Gasteiger partial charge in [0.2, 0.25) is 0 Å². The lowest BCUT2D eigenvalue weighted by Crippen LogP contribution is -1.99. The summed E-state index contributed by atoms with van der Waals surface area (Å²) in [6, 6.07) is 1.95. The quantitative estimate of drug-likeness (QED) is 0.889. The molecule has 16 heavy (non-hydrogen) atoms. The van der Waals surface area contributed by atoms with Gasteiger partial charge in [-0.25, -0.2) is 0 Å². The van der Waals surface area contributed by atoms with Gasteiger partial charge in [0, 0.05) is 6.42 Å². The second-order valence-electron chi connectivity index (χ2n) is 3.21. The molecule has 86 valence electrons. The summed E-state index contributed by atoms with van der Waals surface area (Å²) in [6.07, 6.45) is 1.86. The van der Waals surface area contributed by atoms with Crippen LogP contribution in [0.5, 0.6) is 5.75 Å². The Bertz CT molecular complexity index is 452. The smallest absolute Gasteiger partial charge is 0.161 e. The first kappa shape index (κ1) is 11.5. The number of aryl methyl sites for hydroxylation is 1. The Morgan fingerprint density at radius 2 is 2.31 bits per heavy atom. The highest BCUT2D eigenvalue weighted by Gasteiger charge is 2.12. The highest BCUT2D eigenvalue weighted by Crippen LogP contribution is 2.36. The molecule has 0 bridgehead atoms. The Labute approximate surface area is 102 Å². The maximum absolute atomic E-state index is 5.46. The first-order chi connectivity index (χ1) is 7.85. The van der Waals surface area contributed by atoms with Crippen LogP contribution >= 0.6 is 22.7 Å². The molecule has 2 heterocycles. The van der Waals surface area contributed by atoms with E-state index in [9.17, 15) is 0 Å². The van der Waals surface area contributed by atoms with Gasteiger partial charge in [-0.2, -0.15) is 0 Å². The van der Waals surface area contributed by atoms with E-state index in [1.165, 1.54) is 0 Å². The van der Waals surface area contributed by atoms with Crippen molar-refractivity contribution in [3.8, 4) is 15.6 Å². The Morgan fingerprint density at radius 1 is 1.44 bits per heavy atom. The minimum Gasteiger partial charge on any atom is -0.495 e. The van der Waals surface area contributed by atoms with Gasteiger partial charge in [0.05, 0.1) is 7.11 Å². The standard InChI is InChI=1S/C10H13N3OS2/c1-14-7-4-6-15-9(7)10-13-12-8(16-10)3-2-5-11/h4,6H,2-3,5,11H2,1H3. The normalized spacial score (nSPS) is 10.6. The number of aromatic nitrogens is 2. The zero-order valence-corrected chi connectivity index (χ0v) is 10.6. The molecule has 0 spiro atoms. The van der Waals surface area contributed by atoms with Crippen molar-refractivity contribution in [1.82, 2.24) is 10.2 Å². The van der Waals surface area contributed by atoms with Gasteiger partial charge in [-0.3, -0.25) is 0 Å². The van der Waals surface area contributed by atoms with Crippen molar-refractivity contribution >= 4 is 22.7 Å². The van der Waals surface area contributed by atoms with E-state index in [-0.39, 0.29) is 0 Å². The van der Waals surface area contributed by atoms with Crippen molar-refractivity contribution in [3.05, 3.63) is 16.5 Å². The van der Waals surface area contributed by atoms with Crippen LogP contribution < -0.4 is 10.5 Å². The van der Waals surface area contributed by atoms with E-state index in [1.807, 2.05) is 11.4 Å². The van der Waals surface area contributed by atoms with Gasteiger partial charge in [0.25, 0.3) is 0 Å². The summed E-state index contributed by atoms with van der Waals surface area (Å²) in [7, 11) is 1.67. The average Bonchev–Trinajstić information content (AvgIpc) is 2.94. The number of nitrogens with two attached hydrogens (primary N) is 1. The van der Waals surface area contributed by atoms with Gasteiger partial charge in [-0.1, -0.05) is 11.3 Å². The van der Waals surface area contributed by atoms with Crippen molar-refractivity contribution in [2.75, 3.05) is 13.7 Å². The lowest BCUT2D eigenvalue weighted by Gasteiger charge is -1.96. The van der Waals surface area contributed by atoms with Crippen LogP contribution in [0.3, 0.4) is 0 Å². The van der Waals surface area contributed by atoms with Crippen LogP contribution in [0.15, 0.2) is 11.4 Å². The average molecular weight is 255 g/mol. The number of ether oxygens (including phenoxy) is 1. The Kier molecular flexibility index (Phi) is 3.87. The lowest BCUT2D eigenvalue weighted by atomic mass is 10.3. The molecule has 0 atom stereocenters. The molecular formula is C10H13N3OS2. The first-order valence-electron chi connectivity index (χ1n) is 4.99. The van der Waals surface area contributed by atoms with E-state index in [0.717, 1.165) is 33.5 Å². The van der Waals surface area contributed by atoms with Crippen LogP contribution in [0.2, 0.25) is 0 Å². The van der Waals surface area contributed by atoms with Crippen molar-refractivity contribution in [1.29, 1.82) is 0 Å². The Balaban J connectivity index is 2.18. The molecular weight excluding hydrogens is 242 g/mol. The number of rotatable bonds is 5. The van der Waals surface area contributed by atoms with E-state index >= 15 is 0 Å². The third-order valence-electron chi connectivity index (χ3n) is 2.10. The van der Waals surface area contributed by atoms with E-state index in [4.69, 9.17) is 10.5 Å². The monoisotopic (exact) mass is 255 g/mol. The molecule has 6 heteroatoms. The molecule has 0 aliphatic rings. The van der Waals surface area contributed by atoms with Gasteiger partial charge >= 0.3 is 0 Å². The molecule has 0 aliphatic carbocycles. The fourth-order valence-electron chi connectivity index (χ4n) is 1.31. The molecule has 0 aliphatic heterocycles. The molecule has 0 amide bonds. The predicted octanol–water partition coefficient (Wildman–Crippen LogP) is 2.17. The zero-order chi connectivity index (χ0) is 11.4. The van der Waals surface area contributed by atoms with Crippen LogP contribution in [-0.2, 0) is 6.42 Å². The number of methoxy groups -OCH3 is 1. The minimum atomic E-state index is 0.692. The molecule has 0 saturated heterocycles. The minimum absolute atomic E-state index is 0.692. The summed E-state index contributed by atoms with van der Waals surface area (Å²) in [5.41, 5.74) is 5.46. The first-order valence-corrected chi connectivity index (χ1v) is 6.69. The molecule has 0 fully saturated rings. The Hall–Kier alpha value is -0.980. The maximum Gasteiger partial charge on any atom is 0.161 e. The highest BCUT2D eigenvalue weighted by molar-refractivity contribution is 7.21. The van der Waals surface area contributed by atoms with Crippen LogP contribution in [-0.4, -0.2) is 23.9 Å². The summed E-state index contributed by atoms with van der Waals surface area (Å²) in [6.45, 7) is 0.692. The topological polar surface area (TPSA) is 61.0 Å². The van der Waals surface area contributed by atoms with Crippen molar-refractivity contribution in [2.45, 2.75) is 12.8 Å². The van der Waals surface area contributed by atoms with Crippen LogP contribution in [0, 0.1) is 0 Å². The molecule has 0 saturated carbocycles. The fourth-order valence-corrected chi connectivity index (χ4v) is 3.15. The lowest BCUT2D eigenvalue weighted by molar-refractivity contribution is 0.418.